The van der Waals surface area contributed by atoms with Crippen LogP contribution >= 0.6 is 15.9 Å². The highest BCUT2D eigenvalue weighted by atomic mass is 79.9. The number of carbonyl (C=O) groups excluding carboxylic acids is 1. The number of anilines is 1. The summed E-state index contributed by atoms with van der Waals surface area (Å²) in [6.45, 7) is 0.972. The van der Waals surface area contributed by atoms with E-state index in [1.165, 1.54) is 5.56 Å². The molecule has 0 aliphatic carbocycles. The number of alkyl halides is 1. The van der Waals surface area contributed by atoms with Crippen LogP contribution in [-0.4, -0.2) is 38.2 Å². The van der Waals surface area contributed by atoms with Crippen molar-refractivity contribution < 1.29 is 14.3 Å². The minimum Gasteiger partial charge on any atom is -0.382 e. The Hall–Kier alpha value is -0.910. The Balaban J connectivity index is 2.36. The minimum atomic E-state index is -0.145. The maximum atomic E-state index is 11.6. The lowest BCUT2D eigenvalue weighted by atomic mass is 10.1. The fraction of sp³-hybridized carbons (Fsp3) is 0.500. The van der Waals surface area contributed by atoms with Crippen LogP contribution in [0.3, 0.4) is 0 Å². The standard InChI is InChI=1S/C14H20BrNO3/c1-18-8-9-19-11-14(17)16-13-6-2-4-12(10-13)5-3-7-15/h2,4,6,10H,3,5,7-9,11H2,1H3,(H,16,17). The maximum absolute atomic E-state index is 11.6. The van der Waals surface area contributed by atoms with Gasteiger partial charge in [0.2, 0.25) is 5.91 Å². The maximum Gasteiger partial charge on any atom is 0.250 e. The number of benzene rings is 1. The normalized spacial score (nSPS) is 10.4. The minimum absolute atomic E-state index is 0.0506. The van der Waals surface area contributed by atoms with Gasteiger partial charge in [0.15, 0.2) is 0 Å². The molecular formula is C14H20BrNO3. The van der Waals surface area contributed by atoms with Gasteiger partial charge in [-0.2, -0.15) is 0 Å². The summed E-state index contributed by atoms with van der Waals surface area (Å²) in [7, 11) is 1.60. The number of halogens is 1. The number of rotatable bonds is 9. The highest BCUT2D eigenvalue weighted by Gasteiger charge is 2.03. The van der Waals surface area contributed by atoms with E-state index < -0.39 is 0 Å². The highest BCUT2D eigenvalue weighted by Crippen LogP contribution is 2.12. The third-order valence-corrected chi connectivity index (χ3v) is 3.04. The SMILES string of the molecule is COCCOCC(=O)Nc1cccc(CCCBr)c1. The Kier molecular flexibility index (Phi) is 8.45. The number of methoxy groups -OCH3 is 1. The molecule has 0 aliphatic heterocycles. The van der Waals surface area contributed by atoms with Gasteiger partial charge >= 0.3 is 0 Å². The van der Waals surface area contributed by atoms with Crippen LogP contribution in [0.2, 0.25) is 0 Å². The molecule has 0 bridgehead atoms. The van der Waals surface area contributed by atoms with Gasteiger partial charge in [0.25, 0.3) is 0 Å². The van der Waals surface area contributed by atoms with E-state index in [2.05, 4.69) is 27.3 Å². The van der Waals surface area contributed by atoms with Gasteiger partial charge in [-0.05, 0) is 30.5 Å². The lowest BCUT2D eigenvalue weighted by Crippen LogP contribution is -2.19. The summed E-state index contributed by atoms with van der Waals surface area (Å²) in [5, 5.41) is 3.80. The Morgan fingerprint density at radius 3 is 2.95 bits per heavy atom. The first-order valence-corrected chi connectivity index (χ1v) is 7.40. The number of carbonyl (C=O) groups is 1. The Morgan fingerprint density at radius 2 is 2.21 bits per heavy atom. The van der Waals surface area contributed by atoms with Crippen LogP contribution in [0.5, 0.6) is 0 Å². The predicted molar refractivity (Wildman–Crippen MR) is 79.9 cm³/mol. The van der Waals surface area contributed by atoms with Gasteiger partial charge < -0.3 is 14.8 Å². The monoisotopic (exact) mass is 329 g/mol. The van der Waals surface area contributed by atoms with Crippen LogP contribution in [0, 0.1) is 0 Å². The molecule has 0 saturated heterocycles. The molecule has 0 fully saturated rings. The molecule has 106 valence electrons. The number of ether oxygens (including phenoxy) is 2. The van der Waals surface area contributed by atoms with Crippen LogP contribution in [-0.2, 0) is 20.7 Å². The summed E-state index contributed by atoms with van der Waals surface area (Å²) in [5.74, 6) is -0.145. The number of hydrogen-bond donors (Lipinski definition) is 1. The van der Waals surface area contributed by atoms with Crippen LogP contribution in [0.1, 0.15) is 12.0 Å². The van der Waals surface area contributed by atoms with Crippen molar-refractivity contribution in [2.24, 2.45) is 0 Å². The summed E-state index contributed by atoms with van der Waals surface area (Å²) in [6.07, 6.45) is 2.08. The third-order valence-electron chi connectivity index (χ3n) is 2.47. The highest BCUT2D eigenvalue weighted by molar-refractivity contribution is 9.09. The molecule has 4 nitrogen and oxygen atoms in total. The van der Waals surface area contributed by atoms with E-state index in [0.29, 0.717) is 13.2 Å². The first-order valence-electron chi connectivity index (χ1n) is 6.27. The molecule has 0 spiro atoms. The smallest absolute Gasteiger partial charge is 0.250 e. The molecule has 1 aromatic carbocycles. The molecule has 1 aromatic rings. The lowest BCUT2D eigenvalue weighted by molar-refractivity contribution is -0.121. The van der Waals surface area contributed by atoms with E-state index in [4.69, 9.17) is 9.47 Å². The lowest BCUT2D eigenvalue weighted by Gasteiger charge is -2.07. The molecular weight excluding hydrogens is 310 g/mol. The van der Waals surface area contributed by atoms with E-state index >= 15 is 0 Å². The van der Waals surface area contributed by atoms with E-state index in [9.17, 15) is 4.79 Å². The second-order valence-corrected chi connectivity index (χ2v) is 4.88. The third kappa shape index (κ3) is 7.30. The predicted octanol–water partition coefficient (Wildman–Crippen LogP) is 2.62. The van der Waals surface area contributed by atoms with Gasteiger partial charge in [0.1, 0.15) is 6.61 Å². The quantitative estimate of drug-likeness (QED) is 0.559. The summed E-state index contributed by atoms with van der Waals surface area (Å²) in [4.78, 5) is 11.6. The molecule has 0 heterocycles. The van der Waals surface area contributed by atoms with Crippen molar-refractivity contribution in [2.45, 2.75) is 12.8 Å². The van der Waals surface area contributed by atoms with E-state index in [1.807, 2.05) is 18.2 Å². The largest absolute Gasteiger partial charge is 0.382 e. The van der Waals surface area contributed by atoms with E-state index in [0.717, 1.165) is 23.9 Å². The van der Waals surface area contributed by atoms with Crippen LogP contribution in [0.15, 0.2) is 24.3 Å². The Labute approximate surface area is 122 Å². The van der Waals surface area contributed by atoms with Gasteiger partial charge in [-0.1, -0.05) is 28.1 Å². The average molecular weight is 330 g/mol. The molecule has 0 saturated carbocycles. The zero-order chi connectivity index (χ0) is 13.9. The van der Waals surface area contributed by atoms with Crippen molar-refractivity contribution in [1.29, 1.82) is 0 Å². The van der Waals surface area contributed by atoms with Crippen molar-refractivity contribution >= 4 is 27.5 Å². The fourth-order valence-electron chi connectivity index (χ4n) is 1.58. The summed E-state index contributed by atoms with van der Waals surface area (Å²) < 4.78 is 9.99. The van der Waals surface area contributed by atoms with Crippen LogP contribution in [0.25, 0.3) is 0 Å². The average Bonchev–Trinajstić information content (AvgIpc) is 2.42. The van der Waals surface area contributed by atoms with Gasteiger partial charge in [0, 0.05) is 18.1 Å². The molecule has 0 atom stereocenters. The zero-order valence-corrected chi connectivity index (χ0v) is 12.7. The summed E-state index contributed by atoms with van der Waals surface area (Å²) >= 11 is 3.41. The second-order valence-electron chi connectivity index (χ2n) is 4.09. The molecule has 1 amide bonds. The van der Waals surface area contributed by atoms with Crippen LogP contribution in [0.4, 0.5) is 5.69 Å². The first kappa shape index (κ1) is 16.1. The number of amides is 1. The van der Waals surface area contributed by atoms with Crippen molar-refractivity contribution in [1.82, 2.24) is 0 Å². The second kappa shape index (κ2) is 9.95. The van der Waals surface area contributed by atoms with Gasteiger partial charge in [-0.25, -0.2) is 0 Å². The molecule has 1 rings (SSSR count). The number of nitrogens with one attached hydrogen (secondary N) is 1. The van der Waals surface area contributed by atoms with E-state index in [-0.39, 0.29) is 12.5 Å². The topological polar surface area (TPSA) is 47.6 Å². The number of aryl methyl sites for hydroxylation is 1. The first-order chi connectivity index (χ1) is 9.26. The van der Waals surface area contributed by atoms with Gasteiger partial charge in [-0.3, -0.25) is 4.79 Å². The molecule has 0 aliphatic rings. The van der Waals surface area contributed by atoms with Crippen molar-refractivity contribution in [3.05, 3.63) is 29.8 Å². The van der Waals surface area contributed by atoms with Gasteiger partial charge in [0.05, 0.1) is 13.2 Å². The van der Waals surface area contributed by atoms with Crippen molar-refractivity contribution in [3.63, 3.8) is 0 Å². The molecule has 0 radical (unpaired) electrons. The van der Waals surface area contributed by atoms with Crippen molar-refractivity contribution in [2.75, 3.05) is 37.6 Å². The molecule has 0 unspecified atom stereocenters. The summed E-state index contributed by atoms with van der Waals surface area (Å²) in [6, 6.07) is 7.89. The Bertz CT molecular complexity index is 385. The Morgan fingerprint density at radius 1 is 1.37 bits per heavy atom. The summed E-state index contributed by atoms with van der Waals surface area (Å²) in [5.41, 5.74) is 2.03. The van der Waals surface area contributed by atoms with Gasteiger partial charge in [-0.15, -0.1) is 0 Å². The number of hydrogen-bond acceptors (Lipinski definition) is 3. The zero-order valence-electron chi connectivity index (χ0n) is 11.2. The fourth-order valence-corrected chi connectivity index (χ4v) is 1.86. The van der Waals surface area contributed by atoms with Crippen molar-refractivity contribution in [3.8, 4) is 0 Å². The molecule has 0 aromatic heterocycles. The molecule has 19 heavy (non-hydrogen) atoms. The molecule has 1 N–H and O–H groups in total. The van der Waals surface area contributed by atoms with E-state index in [1.54, 1.807) is 7.11 Å². The molecule has 5 heteroatoms. The van der Waals surface area contributed by atoms with Crippen LogP contribution < -0.4 is 5.32 Å².